The van der Waals surface area contributed by atoms with Crippen molar-refractivity contribution >= 4 is 23.1 Å². The first-order chi connectivity index (χ1) is 16.0. The normalized spacial score (nSPS) is 17.3. The average molecular weight is 444 g/mol. The van der Waals surface area contributed by atoms with Crippen molar-refractivity contribution < 1.29 is 24.2 Å². The summed E-state index contributed by atoms with van der Waals surface area (Å²) in [5.41, 5.74) is 2.39. The fourth-order valence-electron chi connectivity index (χ4n) is 4.06. The van der Waals surface area contributed by atoms with Gasteiger partial charge in [-0.05, 0) is 47.9 Å². The summed E-state index contributed by atoms with van der Waals surface area (Å²) in [5.74, 6) is -1.27. The molecular formula is C26H24N2O5. The van der Waals surface area contributed by atoms with E-state index in [0.717, 1.165) is 12.0 Å². The molecule has 4 rings (SSSR count). The number of hydrogen-bond acceptors (Lipinski definition) is 6. The van der Waals surface area contributed by atoms with Crippen molar-refractivity contribution in [1.82, 2.24) is 4.98 Å². The molecule has 2 heterocycles. The van der Waals surface area contributed by atoms with E-state index in [-0.39, 0.29) is 16.9 Å². The number of aliphatic hydroxyl groups excluding tert-OH is 1. The topological polar surface area (TPSA) is 89.0 Å². The molecular weight excluding hydrogens is 420 g/mol. The molecule has 1 unspecified atom stereocenters. The summed E-state index contributed by atoms with van der Waals surface area (Å²) in [6.07, 6.45) is 4.03. The van der Waals surface area contributed by atoms with Crippen LogP contribution in [0.15, 0.2) is 72.6 Å². The van der Waals surface area contributed by atoms with Gasteiger partial charge in [0.15, 0.2) is 0 Å². The number of ether oxygens (including phenoxy) is 2. The molecule has 1 amide bonds. The van der Waals surface area contributed by atoms with Crippen LogP contribution < -0.4 is 14.4 Å². The Morgan fingerprint density at radius 1 is 1.00 bits per heavy atom. The maximum atomic E-state index is 13.3. The lowest BCUT2D eigenvalue weighted by atomic mass is 9.95. The highest BCUT2D eigenvalue weighted by Crippen LogP contribution is 2.44. The smallest absolute Gasteiger partial charge is 0.300 e. The van der Waals surface area contributed by atoms with Crippen LogP contribution in [0.3, 0.4) is 0 Å². The molecule has 0 saturated carbocycles. The van der Waals surface area contributed by atoms with Gasteiger partial charge in [0, 0.05) is 18.1 Å². The summed E-state index contributed by atoms with van der Waals surface area (Å²) >= 11 is 0. The number of aliphatic hydroxyl groups is 1. The van der Waals surface area contributed by atoms with Gasteiger partial charge in [-0.25, -0.2) is 0 Å². The van der Waals surface area contributed by atoms with Gasteiger partial charge < -0.3 is 14.6 Å². The van der Waals surface area contributed by atoms with E-state index < -0.39 is 17.7 Å². The molecule has 2 aromatic carbocycles. The van der Waals surface area contributed by atoms with Crippen molar-refractivity contribution in [2.45, 2.75) is 19.4 Å². The number of anilines is 1. The minimum atomic E-state index is -0.874. The minimum Gasteiger partial charge on any atom is -0.506 e. The van der Waals surface area contributed by atoms with Crippen molar-refractivity contribution in [2.24, 2.45) is 0 Å². The molecule has 0 bridgehead atoms. The van der Waals surface area contributed by atoms with E-state index in [4.69, 9.17) is 9.47 Å². The van der Waals surface area contributed by atoms with Crippen molar-refractivity contribution in [3.63, 3.8) is 0 Å². The van der Waals surface area contributed by atoms with Crippen LogP contribution in [0, 0.1) is 0 Å². The monoisotopic (exact) mass is 444 g/mol. The zero-order chi connectivity index (χ0) is 23.5. The van der Waals surface area contributed by atoms with Crippen LogP contribution in [-0.2, 0) is 16.0 Å². The number of carbonyl (C=O) groups excluding carboxylic acids is 2. The third-order valence-electron chi connectivity index (χ3n) is 5.73. The van der Waals surface area contributed by atoms with Gasteiger partial charge in [-0.15, -0.1) is 0 Å². The molecule has 3 aromatic rings. The molecule has 33 heavy (non-hydrogen) atoms. The van der Waals surface area contributed by atoms with E-state index >= 15 is 0 Å². The molecule has 1 N–H and O–H groups in total. The van der Waals surface area contributed by atoms with Crippen molar-refractivity contribution in [1.29, 1.82) is 0 Å². The highest BCUT2D eigenvalue weighted by atomic mass is 16.5. The fraction of sp³-hybridized carbons (Fsp3) is 0.192. The predicted octanol–water partition coefficient (Wildman–Crippen LogP) is 4.29. The van der Waals surface area contributed by atoms with E-state index in [1.54, 1.807) is 54.9 Å². The summed E-state index contributed by atoms with van der Waals surface area (Å²) in [5, 5.41) is 11.4. The van der Waals surface area contributed by atoms with Crippen molar-refractivity contribution in [2.75, 3.05) is 19.1 Å². The SMILES string of the molecule is CCc1ccc(N2C(=O)C(=O)/C(=C(/O)c3c(OC)cccc3OC)C2c2cccnc2)cc1. The number of methoxy groups -OCH3 is 2. The summed E-state index contributed by atoms with van der Waals surface area (Å²) in [6, 6.07) is 15.1. The molecule has 168 valence electrons. The van der Waals surface area contributed by atoms with Gasteiger partial charge >= 0.3 is 0 Å². The molecule has 1 atom stereocenters. The predicted molar refractivity (Wildman–Crippen MR) is 124 cm³/mol. The van der Waals surface area contributed by atoms with E-state index in [9.17, 15) is 14.7 Å². The molecule has 1 aliphatic heterocycles. The summed E-state index contributed by atoms with van der Waals surface area (Å²) in [6.45, 7) is 2.04. The fourth-order valence-corrected chi connectivity index (χ4v) is 4.06. The van der Waals surface area contributed by atoms with Crippen LogP contribution in [0.5, 0.6) is 11.5 Å². The number of hydrogen-bond donors (Lipinski definition) is 1. The van der Waals surface area contributed by atoms with Gasteiger partial charge in [-0.1, -0.05) is 31.2 Å². The second-order valence-corrected chi connectivity index (χ2v) is 7.51. The van der Waals surface area contributed by atoms with Crippen molar-refractivity contribution in [3.05, 3.63) is 89.3 Å². The number of carbonyl (C=O) groups is 2. The Labute approximate surface area is 191 Å². The van der Waals surface area contributed by atoms with Gasteiger partial charge in [-0.2, -0.15) is 0 Å². The van der Waals surface area contributed by atoms with E-state index in [0.29, 0.717) is 22.7 Å². The van der Waals surface area contributed by atoms with Gasteiger partial charge in [0.2, 0.25) is 0 Å². The molecule has 1 aromatic heterocycles. The number of amides is 1. The van der Waals surface area contributed by atoms with Crippen LogP contribution in [0.4, 0.5) is 5.69 Å². The number of aromatic nitrogens is 1. The number of nitrogens with zero attached hydrogens (tertiary/aromatic N) is 2. The molecule has 0 radical (unpaired) electrons. The lowest BCUT2D eigenvalue weighted by Crippen LogP contribution is -2.29. The van der Waals surface area contributed by atoms with Crippen LogP contribution >= 0.6 is 0 Å². The second-order valence-electron chi connectivity index (χ2n) is 7.51. The number of benzene rings is 2. The number of aryl methyl sites for hydroxylation is 1. The first kappa shape index (κ1) is 22.1. The van der Waals surface area contributed by atoms with Crippen molar-refractivity contribution in [3.8, 4) is 11.5 Å². The Morgan fingerprint density at radius 3 is 2.21 bits per heavy atom. The van der Waals surface area contributed by atoms with Gasteiger partial charge in [0.05, 0.1) is 25.8 Å². The quantitative estimate of drug-likeness (QED) is 0.347. The lowest BCUT2D eigenvalue weighted by Gasteiger charge is -2.25. The molecule has 1 aliphatic rings. The third-order valence-corrected chi connectivity index (χ3v) is 5.73. The number of Topliss-reactive ketones (excluding diaryl/α,β-unsaturated/α-hetero) is 1. The first-order valence-corrected chi connectivity index (χ1v) is 10.5. The van der Waals surface area contributed by atoms with Crippen LogP contribution in [0.25, 0.3) is 5.76 Å². The largest absolute Gasteiger partial charge is 0.506 e. The van der Waals surface area contributed by atoms with Crippen LogP contribution in [-0.4, -0.2) is 36.0 Å². The second kappa shape index (κ2) is 9.16. The van der Waals surface area contributed by atoms with Crippen LogP contribution in [0.1, 0.15) is 29.7 Å². The van der Waals surface area contributed by atoms with E-state index in [2.05, 4.69) is 4.98 Å². The van der Waals surface area contributed by atoms with Gasteiger partial charge in [-0.3, -0.25) is 19.5 Å². The zero-order valence-electron chi connectivity index (χ0n) is 18.6. The minimum absolute atomic E-state index is 0.0598. The molecule has 0 spiro atoms. The maximum absolute atomic E-state index is 13.3. The highest BCUT2D eigenvalue weighted by molar-refractivity contribution is 6.51. The van der Waals surface area contributed by atoms with Gasteiger partial charge in [0.25, 0.3) is 11.7 Å². The molecule has 0 aliphatic carbocycles. The zero-order valence-corrected chi connectivity index (χ0v) is 18.6. The molecule has 1 fully saturated rings. The molecule has 7 nitrogen and oxygen atoms in total. The number of ketones is 1. The highest BCUT2D eigenvalue weighted by Gasteiger charge is 2.47. The molecule has 7 heteroatoms. The average Bonchev–Trinajstić information content (AvgIpc) is 3.13. The maximum Gasteiger partial charge on any atom is 0.300 e. The third kappa shape index (κ3) is 3.82. The first-order valence-electron chi connectivity index (χ1n) is 10.5. The number of rotatable bonds is 6. The Kier molecular flexibility index (Phi) is 6.13. The molecule has 1 saturated heterocycles. The summed E-state index contributed by atoms with van der Waals surface area (Å²) in [4.78, 5) is 32.1. The Hall–Kier alpha value is -4.13. The van der Waals surface area contributed by atoms with Gasteiger partial charge in [0.1, 0.15) is 22.8 Å². The Balaban J connectivity index is 1.97. The van der Waals surface area contributed by atoms with E-state index in [1.165, 1.54) is 19.1 Å². The summed E-state index contributed by atoms with van der Waals surface area (Å²) in [7, 11) is 2.91. The Bertz CT molecular complexity index is 1200. The Morgan fingerprint density at radius 2 is 1.67 bits per heavy atom. The lowest BCUT2D eigenvalue weighted by molar-refractivity contribution is -0.132. The summed E-state index contributed by atoms with van der Waals surface area (Å²) < 4.78 is 10.8. The standard InChI is InChI=1S/C26H24N2O5/c1-4-16-10-12-18(13-11-16)28-23(17-7-6-14-27-15-17)22(25(30)26(28)31)24(29)21-19(32-2)8-5-9-20(21)33-3/h5-15,23,29H,4H2,1-3H3/b24-22+. The van der Waals surface area contributed by atoms with E-state index in [1.807, 2.05) is 19.1 Å². The van der Waals surface area contributed by atoms with Crippen LogP contribution in [0.2, 0.25) is 0 Å². The number of pyridine rings is 1.